The molecule has 30 heavy (non-hydrogen) atoms. The lowest BCUT2D eigenvalue weighted by molar-refractivity contribution is -0.158. The maximum absolute atomic E-state index is 13.3. The first kappa shape index (κ1) is 22.5. The van der Waals surface area contributed by atoms with Gasteiger partial charge in [-0.25, -0.2) is 9.59 Å². The molecule has 9 heteroatoms. The maximum Gasteiger partial charge on any atom is 0.407 e. The number of carbonyl (C=O) groups excluding carboxylic acids is 3. The number of likely N-dealkylation sites (tertiary alicyclic amines) is 1. The molecule has 3 heterocycles. The second-order valence-electron chi connectivity index (χ2n) is 9.85. The van der Waals surface area contributed by atoms with Crippen LogP contribution in [0.5, 0.6) is 0 Å². The van der Waals surface area contributed by atoms with Gasteiger partial charge in [0.2, 0.25) is 11.8 Å². The topological polar surface area (TPSA) is 122 Å². The van der Waals surface area contributed by atoms with Gasteiger partial charge in [0.05, 0.1) is 23.0 Å². The lowest BCUT2D eigenvalue weighted by Gasteiger charge is -2.36. The van der Waals surface area contributed by atoms with E-state index in [0.29, 0.717) is 32.2 Å². The second-order valence-corrected chi connectivity index (χ2v) is 9.85. The number of fused-ring (bicyclic) bond motifs is 5. The Morgan fingerprint density at radius 2 is 1.70 bits per heavy atom. The van der Waals surface area contributed by atoms with Gasteiger partial charge in [-0.15, -0.1) is 0 Å². The first-order chi connectivity index (χ1) is 13.8. The van der Waals surface area contributed by atoms with Crippen LogP contribution in [0.3, 0.4) is 0 Å². The minimum Gasteiger partial charge on any atom is -0.480 e. The Morgan fingerprint density at radius 1 is 1.17 bits per heavy atom. The number of carbonyl (C=O) groups is 4. The van der Waals surface area contributed by atoms with Gasteiger partial charge in [0.25, 0.3) is 0 Å². The largest absolute Gasteiger partial charge is 0.480 e. The third kappa shape index (κ3) is 3.36. The molecule has 5 atom stereocenters. The summed E-state index contributed by atoms with van der Waals surface area (Å²) in [5.74, 6) is -2.08. The van der Waals surface area contributed by atoms with Crippen molar-refractivity contribution in [3.05, 3.63) is 0 Å². The number of hydrogen-bond acceptors (Lipinski definition) is 6. The third-order valence-corrected chi connectivity index (χ3v) is 6.88. The van der Waals surface area contributed by atoms with Gasteiger partial charge in [-0.05, 0) is 66.7 Å². The quantitative estimate of drug-likeness (QED) is 0.474. The molecule has 0 unspecified atom stereocenters. The Bertz CT molecular complexity index is 727. The van der Waals surface area contributed by atoms with Gasteiger partial charge in [-0.3, -0.25) is 14.5 Å². The number of alkyl carbamates (subject to hydrolysis) is 1. The van der Waals surface area contributed by atoms with Crippen LogP contribution in [0.25, 0.3) is 0 Å². The number of carboxylic acid groups (broad SMARTS) is 1. The summed E-state index contributed by atoms with van der Waals surface area (Å²) in [5.41, 5.74) is -2.62. The van der Waals surface area contributed by atoms with Gasteiger partial charge >= 0.3 is 12.1 Å². The molecular weight excluding hydrogens is 392 g/mol. The number of nitrogens with zero attached hydrogens (tertiary/aromatic N) is 1. The highest BCUT2D eigenvalue weighted by Crippen LogP contribution is 2.64. The number of aliphatic carboxylic acids is 1. The van der Waals surface area contributed by atoms with Crippen LogP contribution < -0.4 is 5.32 Å². The zero-order valence-corrected chi connectivity index (χ0v) is 18.3. The Kier molecular flexibility index (Phi) is 5.64. The number of rotatable bonds is 7. The van der Waals surface area contributed by atoms with Crippen LogP contribution in [-0.2, 0) is 23.9 Å². The molecule has 168 valence electrons. The molecular formula is C21H32N2O7. The van der Waals surface area contributed by atoms with E-state index in [1.807, 2.05) is 0 Å². The molecule has 3 rings (SSSR count). The van der Waals surface area contributed by atoms with E-state index in [4.69, 9.17) is 9.47 Å². The summed E-state index contributed by atoms with van der Waals surface area (Å²) in [5, 5.41) is 12.4. The molecule has 0 saturated carbocycles. The molecule has 0 aromatic rings. The molecule has 2 bridgehead atoms. The molecule has 2 N–H and O–H groups in total. The molecule has 3 amide bonds. The van der Waals surface area contributed by atoms with E-state index < -0.39 is 46.3 Å². The Hall–Kier alpha value is -2.16. The van der Waals surface area contributed by atoms with Gasteiger partial charge in [-0.2, -0.15) is 0 Å². The summed E-state index contributed by atoms with van der Waals surface area (Å²) in [6, 6.07) is -1.22. The van der Waals surface area contributed by atoms with Crippen molar-refractivity contribution in [2.75, 3.05) is 6.54 Å². The molecule has 9 nitrogen and oxygen atoms in total. The highest BCUT2D eigenvalue weighted by atomic mass is 16.6. The maximum atomic E-state index is 13.3. The van der Waals surface area contributed by atoms with E-state index in [2.05, 4.69) is 5.32 Å². The number of carboxylic acids is 1. The summed E-state index contributed by atoms with van der Waals surface area (Å²) in [7, 11) is 0. The predicted molar refractivity (Wildman–Crippen MR) is 105 cm³/mol. The minimum atomic E-state index is -1.22. The van der Waals surface area contributed by atoms with Crippen molar-refractivity contribution in [3.63, 3.8) is 0 Å². The smallest absolute Gasteiger partial charge is 0.407 e. The Labute approximate surface area is 176 Å². The van der Waals surface area contributed by atoms with Crippen LogP contribution in [0.4, 0.5) is 4.79 Å². The third-order valence-electron chi connectivity index (χ3n) is 6.88. The second kappa shape index (κ2) is 7.51. The zero-order valence-electron chi connectivity index (χ0n) is 18.3. The van der Waals surface area contributed by atoms with Crippen LogP contribution in [-0.4, -0.2) is 64.3 Å². The van der Waals surface area contributed by atoms with Crippen molar-refractivity contribution in [3.8, 4) is 0 Å². The summed E-state index contributed by atoms with van der Waals surface area (Å²) in [4.78, 5) is 51.1. The number of hydrogen-bond donors (Lipinski definition) is 2. The van der Waals surface area contributed by atoms with Gasteiger partial charge in [0, 0.05) is 6.54 Å². The molecule has 3 saturated heterocycles. The average Bonchev–Trinajstić information content (AvgIpc) is 3.24. The SMILES string of the molecule is CC(C)(C)OC(=O)NCCCC[C@@H](C(=O)O)N1C(=O)[C@@]2(C)[C@@H]3CC[C@@H](O3)[C@@]2(C)C1=O. The monoisotopic (exact) mass is 424 g/mol. The number of nitrogens with one attached hydrogen (secondary N) is 1. The average molecular weight is 424 g/mol. The summed E-state index contributed by atoms with van der Waals surface area (Å²) < 4.78 is 11.0. The van der Waals surface area contributed by atoms with E-state index in [9.17, 15) is 24.3 Å². The van der Waals surface area contributed by atoms with Gasteiger partial charge in [0.1, 0.15) is 11.6 Å². The molecule has 0 aliphatic carbocycles. The fraction of sp³-hybridized carbons (Fsp3) is 0.810. The van der Waals surface area contributed by atoms with Crippen molar-refractivity contribution < 1.29 is 33.8 Å². The lowest BCUT2D eigenvalue weighted by Crippen LogP contribution is -2.48. The van der Waals surface area contributed by atoms with Crippen LogP contribution >= 0.6 is 0 Å². The van der Waals surface area contributed by atoms with Crippen molar-refractivity contribution in [1.82, 2.24) is 10.2 Å². The van der Waals surface area contributed by atoms with E-state index in [0.717, 1.165) is 4.90 Å². The zero-order chi connectivity index (χ0) is 22.5. The Morgan fingerprint density at radius 3 is 2.17 bits per heavy atom. The fourth-order valence-electron chi connectivity index (χ4n) is 5.08. The van der Waals surface area contributed by atoms with Crippen molar-refractivity contribution >= 4 is 23.9 Å². The normalized spacial score (nSPS) is 33.6. The van der Waals surface area contributed by atoms with E-state index >= 15 is 0 Å². The van der Waals surface area contributed by atoms with Crippen molar-refractivity contribution in [2.24, 2.45) is 10.8 Å². The van der Waals surface area contributed by atoms with E-state index in [1.54, 1.807) is 34.6 Å². The summed E-state index contributed by atoms with van der Waals surface area (Å²) in [6.07, 6.45) is 1.25. The highest BCUT2D eigenvalue weighted by molar-refractivity contribution is 6.12. The van der Waals surface area contributed by atoms with Gasteiger partial charge in [0.15, 0.2) is 0 Å². The fourth-order valence-corrected chi connectivity index (χ4v) is 5.08. The van der Waals surface area contributed by atoms with E-state index in [-0.39, 0.29) is 18.6 Å². The molecule has 0 spiro atoms. The summed E-state index contributed by atoms with van der Waals surface area (Å²) in [6.45, 7) is 9.09. The molecule has 3 fully saturated rings. The van der Waals surface area contributed by atoms with Crippen LogP contribution in [0.15, 0.2) is 0 Å². The number of unbranched alkanes of at least 4 members (excludes halogenated alkanes) is 1. The number of amides is 3. The predicted octanol–water partition coefficient (Wildman–Crippen LogP) is 2.08. The van der Waals surface area contributed by atoms with Crippen LogP contribution in [0.1, 0.15) is 66.7 Å². The Balaban J connectivity index is 1.61. The van der Waals surface area contributed by atoms with Crippen molar-refractivity contribution in [1.29, 1.82) is 0 Å². The van der Waals surface area contributed by atoms with Crippen molar-refractivity contribution in [2.45, 2.75) is 90.6 Å². The minimum absolute atomic E-state index is 0.130. The first-order valence-electron chi connectivity index (χ1n) is 10.6. The molecule has 0 radical (unpaired) electrons. The molecule has 0 aromatic carbocycles. The van der Waals surface area contributed by atoms with E-state index in [1.165, 1.54) is 0 Å². The highest BCUT2D eigenvalue weighted by Gasteiger charge is 2.77. The number of imide groups is 1. The lowest BCUT2D eigenvalue weighted by atomic mass is 9.59. The number of ether oxygens (including phenoxy) is 2. The molecule has 0 aromatic heterocycles. The van der Waals surface area contributed by atoms with Gasteiger partial charge < -0.3 is 19.9 Å². The van der Waals surface area contributed by atoms with Gasteiger partial charge in [-0.1, -0.05) is 0 Å². The summed E-state index contributed by atoms with van der Waals surface area (Å²) >= 11 is 0. The molecule has 3 aliphatic rings. The van der Waals surface area contributed by atoms with Crippen LogP contribution in [0.2, 0.25) is 0 Å². The first-order valence-corrected chi connectivity index (χ1v) is 10.6. The van der Waals surface area contributed by atoms with Crippen LogP contribution in [0, 0.1) is 10.8 Å². The standard InChI is InChI=1S/C21H32N2O7/c1-19(2,3)30-18(28)22-11-7-6-8-12(15(24)25)23-16(26)20(4)13-9-10-14(29-13)21(20,5)17(23)27/h12-14H,6-11H2,1-5H3,(H,22,28)(H,24,25)/t12-,13-,14+,20+,21-/m0/s1. The molecule has 3 aliphatic heterocycles.